The number of aliphatic hydroxyl groups is 1. The van der Waals surface area contributed by atoms with Crippen LogP contribution in [0.15, 0.2) is 46.0 Å². The van der Waals surface area contributed by atoms with Crippen LogP contribution in [0.3, 0.4) is 0 Å². The van der Waals surface area contributed by atoms with Gasteiger partial charge in [0.15, 0.2) is 5.78 Å². The number of aliphatic imine (C=N–C) groups is 1. The number of rotatable bonds is 5. The molecule has 0 atom stereocenters. The Bertz CT molecular complexity index is 928. The third-order valence-corrected chi connectivity index (χ3v) is 5.28. The highest BCUT2D eigenvalue weighted by molar-refractivity contribution is 7.14. The number of ketones is 1. The van der Waals surface area contributed by atoms with Gasteiger partial charge < -0.3 is 9.84 Å². The van der Waals surface area contributed by atoms with Crippen molar-refractivity contribution in [3.63, 3.8) is 0 Å². The summed E-state index contributed by atoms with van der Waals surface area (Å²) in [6.07, 6.45) is 2.82. The average Bonchev–Trinajstić information content (AvgIpc) is 3.06. The molecule has 0 spiro atoms. The molecule has 0 amide bonds. The summed E-state index contributed by atoms with van der Waals surface area (Å²) >= 11 is 7.22. The molecule has 0 fully saturated rings. The number of allylic oxidation sites excluding steroid dienone is 2. The van der Waals surface area contributed by atoms with E-state index in [0.29, 0.717) is 40.4 Å². The van der Waals surface area contributed by atoms with Crippen molar-refractivity contribution < 1.29 is 19.4 Å². The minimum atomic E-state index is -0.482. The molecule has 7 heteroatoms. The van der Waals surface area contributed by atoms with Crippen LogP contribution in [0.4, 0.5) is 5.00 Å². The van der Waals surface area contributed by atoms with E-state index in [2.05, 4.69) is 4.99 Å². The number of benzene rings is 1. The minimum Gasteiger partial charge on any atom is -0.512 e. The van der Waals surface area contributed by atoms with Crippen molar-refractivity contribution >= 4 is 45.9 Å². The second-order valence-corrected chi connectivity index (χ2v) is 7.25. The molecule has 140 valence electrons. The van der Waals surface area contributed by atoms with Gasteiger partial charge in [0.1, 0.15) is 16.3 Å². The van der Waals surface area contributed by atoms with E-state index in [1.165, 1.54) is 17.6 Å². The standard InChI is InChI=1S/C20H18ClNO4S/c1-2-26-20(25)18-15(12-6-8-13(21)9-7-12)11-27-19(18)22-10-14-16(23)4-3-5-17(14)24/h6-11,23H,2-5H2,1H3. The van der Waals surface area contributed by atoms with Gasteiger partial charge in [0.2, 0.25) is 0 Å². The van der Waals surface area contributed by atoms with Crippen LogP contribution in [0.2, 0.25) is 5.02 Å². The van der Waals surface area contributed by atoms with Crippen molar-refractivity contribution in [2.75, 3.05) is 6.61 Å². The van der Waals surface area contributed by atoms with Crippen molar-refractivity contribution in [2.45, 2.75) is 26.2 Å². The molecule has 1 N–H and O–H groups in total. The summed E-state index contributed by atoms with van der Waals surface area (Å²) < 4.78 is 5.19. The van der Waals surface area contributed by atoms with Crippen LogP contribution >= 0.6 is 22.9 Å². The molecule has 1 aromatic heterocycles. The molecular formula is C20H18ClNO4S. The molecule has 0 saturated heterocycles. The van der Waals surface area contributed by atoms with Gasteiger partial charge in [-0.15, -0.1) is 11.3 Å². The van der Waals surface area contributed by atoms with Gasteiger partial charge in [0.25, 0.3) is 0 Å². The molecule has 0 unspecified atom stereocenters. The number of ether oxygens (including phenoxy) is 1. The van der Waals surface area contributed by atoms with E-state index in [4.69, 9.17) is 16.3 Å². The van der Waals surface area contributed by atoms with Gasteiger partial charge in [-0.25, -0.2) is 9.79 Å². The SMILES string of the molecule is CCOC(=O)c1c(-c2ccc(Cl)cc2)csc1N=CC1=C(O)CCCC1=O. The van der Waals surface area contributed by atoms with Gasteiger partial charge in [0.05, 0.1) is 12.2 Å². The lowest BCUT2D eigenvalue weighted by molar-refractivity contribution is -0.115. The monoisotopic (exact) mass is 403 g/mol. The number of hydrogen-bond donors (Lipinski definition) is 1. The molecule has 0 bridgehead atoms. The fraction of sp³-hybridized carbons (Fsp3) is 0.250. The molecule has 0 saturated carbocycles. The number of carbonyl (C=O) groups excluding carboxylic acids is 2. The van der Waals surface area contributed by atoms with E-state index >= 15 is 0 Å². The third kappa shape index (κ3) is 4.28. The zero-order valence-corrected chi connectivity index (χ0v) is 16.3. The molecule has 2 aromatic rings. The number of hydrogen-bond acceptors (Lipinski definition) is 6. The van der Waals surface area contributed by atoms with Gasteiger partial charge in [-0.1, -0.05) is 23.7 Å². The Balaban J connectivity index is 2.02. The Morgan fingerprint density at radius 3 is 2.74 bits per heavy atom. The van der Waals surface area contributed by atoms with Gasteiger partial charge in [-0.2, -0.15) is 0 Å². The van der Waals surface area contributed by atoms with E-state index < -0.39 is 5.97 Å². The largest absolute Gasteiger partial charge is 0.512 e. The number of Topliss-reactive ketones (excluding diaryl/α,β-unsaturated/α-hetero) is 1. The second kappa shape index (κ2) is 8.50. The van der Waals surface area contributed by atoms with Crippen molar-refractivity contribution in [1.82, 2.24) is 0 Å². The van der Waals surface area contributed by atoms with E-state index in [1.807, 2.05) is 17.5 Å². The molecule has 1 heterocycles. The summed E-state index contributed by atoms with van der Waals surface area (Å²) in [7, 11) is 0. The maximum Gasteiger partial charge on any atom is 0.341 e. The number of thiophene rings is 1. The first kappa shape index (κ1) is 19.3. The summed E-state index contributed by atoms with van der Waals surface area (Å²) in [5, 5.41) is 12.8. The van der Waals surface area contributed by atoms with Crippen LogP contribution in [-0.2, 0) is 9.53 Å². The van der Waals surface area contributed by atoms with E-state index in [-0.39, 0.29) is 23.7 Å². The Morgan fingerprint density at radius 2 is 2.07 bits per heavy atom. The van der Waals surface area contributed by atoms with Gasteiger partial charge in [0, 0.05) is 35.0 Å². The van der Waals surface area contributed by atoms with Crippen molar-refractivity contribution in [3.05, 3.63) is 51.6 Å². The Labute approximate surface area is 166 Å². The van der Waals surface area contributed by atoms with Crippen LogP contribution < -0.4 is 0 Å². The molecule has 0 radical (unpaired) electrons. The normalized spacial score (nSPS) is 14.8. The highest BCUT2D eigenvalue weighted by Crippen LogP contribution is 2.38. The summed E-state index contributed by atoms with van der Waals surface area (Å²) in [4.78, 5) is 28.8. The number of aliphatic hydroxyl groups excluding tert-OH is 1. The van der Waals surface area contributed by atoms with Crippen LogP contribution in [0, 0.1) is 0 Å². The summed E-state index contributed by atoms with van der Waals surface area (Å²) in [5.41, 5.74) is 2.05. The molecule has 5 nitrogen and oxygen atoms in total. The Hall–Kier alpha value is -2.44. The molecule has 3 rings (SSSR count). The van der Waals surface area contributed by atoms with Crippen molar-refractivity contribution in [1.29, 1.82) is 0 Å². The minimum absolute atomic E-state index is 0.0437. The third-order valence-electron chi connectivity index (χ3n) is 4.15. The van der Waals surface area contributed by atoms with Crippen LogP contribution in [0.1, 0.15) is 36.5 Å². The first-order chi connectivity index (χ1) is 13.0. The summed E-state index contributed by atoms with van der Waals surface area (Å²) in [6.45, 7) is 1.97. The van der Waals surface area contributed by atoms with Gasteiger partial charge >= 0.3 is 5.97 Å². The Kier molecular flexibility index (Phi) is 6.08. The first-order valence-electron chi connectivity index (χ1n) is 8.55. The lowest BCUT2D eigenvalue weighted by atomic mass is 9.97. The van der Waals surface area contributed by atoms with Gasteiger partial charge in [-0.3, -0.25) is 4.79 Å². The number of nitrogens with zero attached hydrogens (tertiary/aromatic N) is 1. The quantitative estimate of drug-likeness (QED) is 0.527. The molecule has 1 aliphatic carbocycles. The smallest absolute Gasteiger partial charge is 0.341 e. The molecule has 0 aliphatic heterocycles. The first-order valence-corrected chi connectivity index (χ1v) is 9.81. The lowest BCUT2D eigenvalue weighted by Gasteiger charge is -2.11. The summed E-state index contributed by atoms with van der Waals surface area (Å²) in [6, 6.07) is 7.13. The predicted octanol–water partition coefficient (Wildman–Crippen LogP) is 5.51. The topological polar surface area (TPSA) is 76.0 Å². The number of carbonyl (C=O) groups is 2. The van der Waals surface area contributed by atoms with Crippen LogP contribution in [0.5, 0.6) is 0 Å². The molecule has 27 heavy (non-hydrogen) atoms. The summed E-state index contributed by atoms with van der Waals surface area (Å²) in [5.74, 6) is -0.583. The molecule has 1 aliphatic rings. The number of esters is 1. The Morgan fingerprint density at radius 1 is 1.33 bits per heavy atom. The zero-order valence-electron chi connectivity index (χ0n) is 14.7. The number of halogens is 1. The average molecular weight is 404 g/mol. The van der Waals surface area contributed by atoms with Crippen LogP contribution in [0.25, 0.3) is 11.1 Å². The maximum atomic E-state index is 12.5. The highest BCUT2D eigenvalue weighted by atomic mass is 35.5. The van der Waals surface area contributed by atoms with E-state index in [9.17, 15) is 14.7 Å². The fourth-order valence-corrected chi connectivity index (χ4v) is 3.84. The second-order valence-electron chi connectivity index (χ2n) is 5.95. The molecular weight excluding hydrogens is 386 g/mol. The fourth-order valence-electron chi connectivity index (χ4n) is 2.80. The van der Waals surface area contributed by atoms with Crippen LogP contribution in [-0.4, -0.2) is 29.7 Å². The predicted molar refractivity (Wildman–Crippen MR) is 107 cm³/mol. The van der Waals surface area contributed by atoms with Crippen molar-refractivity contribution in [3.8, 4) is 11.1 Å². The zero-order chi connectivity index (χ0) is 19.4. The van der Waals surface area contributed by atoms with Gasteiger partial charge in [-0.05, 0) is 31.0 Å². The highest BCUT2D eigenvalue weighted by Gasteiger charge is 2.22. The lowest BCUT2D eigenvalue weighted by Crippen LogP contribution is -2.12. The maximum absolute atomic E-state index is 12.5. The van der Waals surface area contributed by atoms with E-state index in [1.54, 1.807) is 19.1 Å². The van der Waals surface area contributed by atoms with E-state index in [0.717, 1.165) is 5.56 Å². The molecule has 1 aromatic carbocycles. The van der Waals surface area contributed by atoms with Crippen molar-refractivity contribution in [2.24, 2.45) is 4.99 Å².